The van der Waals surface area contributed by atoms with Gasteiger partial charge in [0, 0.05) is 30.1 Å². The number of thiazole rings is 1. The van der Waals surface area contributed by atoms with Crippen molar-refractivity contribution in [2.75, 3.05) is 13.1 Å². The molecular weight excluding hydrogens is 385 g/mol. The number of sulfonamides is 1. The van der Waals surface area contributed by atoms with Crippen LogP contribution in [0.5, 0.6) is 0 Å². The third-order valence-corrected chi connectivity index (χ3v) is 7.41. The van der Waals surface area contributed by atoms with Gasteiger partial charge in [-0.1, -0.05) is 18.2 Å². The molecule has 3 rings (SSSR count). The van der Waals surface area contributed by atoms with Gasteiger partial charge in [-0.3, -0.25) is 0 Å². The molecule has 0 aliphatic carbocycles. The van der Waals surface area contributed by atoms with Crippen LogP contribution >= 0.6 is 11.3 Å². The number of aryl methyl sites for hydroxylation is 1. The Balaban J connectivity index is 1.66. The minimum absolute atomic E-state index is 0.150. The van der Waals surface area contributed by atoms with Gasteiger partial charge in [-0.2, -0.15) is 13.2 Å². The van der Waals surface area contributed by atoms with Gasteiger partial charge in [0.2, 0.25) is 10.0 Å². The molecule has 0 bridgehead atoms. The Labute approximate surface area is 154 Å². The van der Waals surface area contributed by atoms with Crippen LogP contribution in [0.1, 0.15) is 40.6 Å². The molecule has 1 aliphatic rings. The zero-order chi connectivity index (χ0) is 18.9. The molecule has 1 aliphatic heterocycles. The topological polar surface area (TPSA) is 50.3 Å². The molecule has 0 saturated carbocycles. The first-order valence-electron chi connectivity index (χ1n) is 8.21. The van der Waals surface area contributed by atoms with Crippen molar-refractivity contribution < 1.29 is 21.6 Å². The van der Waals surface area contributed by atoms with E-state index in [1.165, 1.54) is 16.4 Å². The van der Waals surface area contributed by atoms with E-state index >= 15 is 0 Å². The lowest BCUT2D eigenvalue weighted by molar-refractivity contribution is -0.137. The molecule has 0 unspecified atom stereocenters. The number of hydrogen-bond acceptors (Lipinski definition) is 4. The van der Waals surface area contributed by atoms with Gasteiger partial charge in [-0.25, -0.2) is 17.7 Å². The van der Waals surface area contributed by atoms with Crippen molar-refractivity contribution in [2.24, 2.45) is 0 Å². The highest BCUT2D eigenvalue weighted by molar-refractivity contribution is 7.88. The summed E-state index contributed by atoms with van der Waals surface area (Å²) in [5.74, 6) is -0.175. The summed E-state index contributed by atoms with van der Waals surface area (Å²) in [5, 5.41) is 3.00. The fourth-order valence-corrected chi connectivity index (χ4v) is 5.60. The van der Waals surface area contributed by atoms with Crippen molar-refractivity contribution in [2.45, 2.75) is 37.6 Å². The first kappa shape index (κ1) is 19.3. The summed E-state index contributed by atoms with van der Waals surface area (Å²) in [7, 11) is -3.65. The van der Waals surface area contributed by atoms with Gasteiger partial charge < -0.3 is 0 Å². The first-order chi connectivity index (χ1) is 12.1. The van der Waals surface area contributed by atoms with Gasteiger partial charge in [-0.05, 0) is 31.4 Å². The molecule has 0 atom stereocenters. The van der Waals surface area contributed by atoms with Crippen LogP contribution in [-0.4, -0.2) is 30.8 Å². The number of hydrogen-bond donors (Lipinski definition) is 0. The quantitative estimate of drug-likeness (QED) is 0.768. The van der Waals surface area contributed by atoms with Crippen LogP contribution in [0.4, 0.5) is 13.2 Å². The maximum absolute atomic E-state index is 12.8. The lowest BCUT2D eigenvalue weighted by Gasteiger charge is -2.30. The Morgan fingerprint density at radius 2 is 1.96 bits per heavy atom. The number of alkyl halides is 3. The van der Waals surface area contributed by atoms with Crippen molar-refractivity contribution >= 4 is 21.4 Å². The molecule has 0 N–H and O–H groups in total. The second-order valence-corrected chi connectivity index (χ2v) is 9.31. The van der Waals surface area contributed by atoms with Crippen LogP contribution in [0.15, 0.2) is 29.6 Å². The van der Waals surface area contributed by atoms with Crippen molar-refractivity contribution in [1.82, 2.24) is 9.29 Å². The van der Waals surface area contributed by atoms with Gasteiger partial charge in [0.15, 0.2) is 0 Å². The highest BCUT2D eigenvalue weighted by Gasteiger charge is 2.32. The minimum Gasteiger partial charge on any atom is -0.246 e. The summed E-state index contributed by atoms with van der Waals surface area (Å²) in [6.45, 7) is 2.66. The lowest BCUT2D eigenvalue weighted by atomic mass is 9.99. The van der Waals surface area contributed by atoms with Crippen molar-refractivity contribution in [3.63, 3.8) is 0 Å². The Morgan fingerprint density at radius 3 is 2.54 bits per heavy atom. The summed E-state index contributed by atoms with van der Waals surface area (Å²) in [6, 6.07) is 4.50. The second kappa shape index (κ2) is 7.28. The van der Waals surface area contributed by atoms with E-state index in [0.29, 0.717) is 25.9 Å². The predicted octanol–water partition coefficient (Wildman–Crippen LogP) is 4.18. The zero-order valence-corrected chi connectivity index (χ0v) is 15.8. The Bertz CT molecular complexity index is 870. The van der Waals surface area contributed by atoms with E-state index in [2.05, 4.69) is 4.98 Å². The summed E-state index contributed by atoms with van der Waals surface area (Å²) < 4.78 is 65.0. The van der Waals surface area contributed by atoms with E-state index in [1.54, 1.807) is 11.3 Å². The van der Waals surface area contributed by atoms with E-state index in [9.17, 15) is 21.6 Å². The average molecular weight is 404 g/mol. The molecule has 0 spiro atoms. The number of rotatable bonds is 4. The van der Waals surface area contributed by atoms with Crippen molar-refractivity contribution in [1.29, 1.82) is 0 Å². The minimum atomic E-state index is -4.48. The summed E-state index contributed by atoms with van der Waals surface area (Å²) in [4.78, 5) is 4.47. The summed E-state index contributed by atoms with van der Waals surface area (Å²) in [6.07, 6.45) is -3.13. The first-order valence-corrected chi connectivity index (χ1v) is 10.7. The van der Waals surface area contributed by atoms with Crippen LogP contribution < -0.4 is 0 Å². The third-order valence-electron chi connectivity index (χ3n) is 4.44. The van der Waals surface area contributed by atoms with E-state index in [4.69, 9.17) is 0 Å². The average Bonchev–Trinajstić information content (AvgIpc) is 3.00. The Kier molecular flexibility index (Phi) is 5.41. The van der Waals surface area contributed by atoms with Crippen LogP contribution in [-0.2, 0) is 22.0 Å². The van der Waals surface area contributed by atoms with Crippen LogP contribution in [0.3, 0.4) is 0 Å². The predicted molar refractivity (Wildman–Crippen MR) is 94.5 cm³/mol. The molecule has 9 heteroatoms. The Morgan fingerprint density at radius 1 is 1.27 bits per heavy atom. The molecule has 1 saturated heterocycles. The van der Waals surface area contributed by atoms with Crippen LogP contribution in [0.2, 0.25) is 0 Å². The number of aromatic nitrogens is 1. The lowest BCUT2D eigenvalue weighted by Crippen LogP contribution is -2.38. The number of nitrogens with zero attached hydrogens (tertiary/aromatic N) is 2. The molecule has 142 valence electrons. The molecule has 2 aromatic rings. The fourth-order valence-electron chi connectivity index (χ4n) is 3.08. The van der Waals surface area contributed by atoms with Crippen LogP contribution in [0, 0.1) is 6.92 Å². The van der Waals surface area contributed by atoms with E-state index in [0.717, 1.165) is 22.8 Å². The van der Waals surface area contributed by atoms with Crippen LogP contribution in [0.25, 0.3) is 0 Å². The number of benzene rings is 1. The molecular formula is C17H19F3N2O2S2. The zero-order valence-electron chi connectivity index (χ0n) is 14.2. The third kappa shape index (κ3) is 4.44. The largest absolute Gasteiger partial charge is 0.416 e. The number of piperidine rings is 1. The summed E-state index contributed by atoms with van der Waals surface area (Å²) >= 11 is 1.59. The van der Waals surface area contributed by atoms with E-state index in [-0.39, 0.29) is 11.5 Å². The standard InChI is InChI=1S/C17H19F3N2O2S2/c1-12-10-25-16(21-12)14-5-7-22(8-6-14)26(23,24)11-13-3-2-4-15(9-13)17(18,19)20/h2-4,9-10,14H,5-8,11H2,1H3. The molecule has 0 radical (unpaired) electrons. The van der Waals surface area contributed by atoms with Crippen molar-refractivity contribution in [3.8, 4) is 0 Å². The van der Waals surface area contributed by atoms with E-state index < -0.39 is 27.5 Å². The molecule has 1 fully saturated rings. The number of halogens is 3. The van der Waals surface area contributed by atoms with Gasteiger partial charge in [0.1, 0.15) is 0 Å². The molecule has 2 heterocycles. The smallest absolute Gasteiger partial charge is 0.246 e. The maximum atomic E-state index is 12.8. The second-order valence-electron chi connectivity index (χ2n) is 6.45. The molecule has 1 aromatic carbocycles. The monoisotopic (exact) mass is 404 g/mol. The van der Waals surface area contributed by atoms with Gasteiger partial charge in [0.25, 0.3) is 0 Å². The molecule has 4 nitrogen and oxygen atoms in total. The fraction of sp³-hybridized carbons (Fsp3) is 0.471. The summed E-state index contributed by atoms with van der Waals surface area (Å²) in [5.41, 5.74) is 0.283. The van der Waals surface area contributed by atoms with E-state index in [1.807, 2.05) is 12.3 Å². The molecule has 26 heavy (non-hydrogen) atoms. The highest BCUT2D eigenvalue weighted by Crippen LogP contribution is 2.33. The normalized spacial score (nSPS) is 17.5. The van der Waals surface area contributed by atoms with Gasteiger partial charge >= 0.3 is 6.18 Å². The molecule has 0 amide bonds. The van der Waals surface area contributed by atoms with Gasteiger partial charge in [-0.15, -0.1) is 11.3 Å². The molecule has 1 aromatic heterocycles. The Hall–Kier alpha value is -1.45. The highest BCUT2D eigenvalue weighted by atomic mass is 32.2. The van der Waals surface area contributed by atoms with Gasteiger partial charge in [0.05, 0.1) is 16.3 Å². The SMILES string of the molecule is Cc1csc(C2CCN(S(=O)(=O)Cc3cccc(C(F)(F)F)c3)CC2)n1. The maximum Gasteiger partial charge on any atom is 0.416 e. The van der Waals surface area contributed by atoms with Crippen molar-refractivity contribution in [3.05, 3.63) is 51.5 Å².